The summed E-state index contributed by atoms with van der Waals surface area (Å²) in [5.74, 6) is -1.92. The number of rotatable bonds is 14. The zero-order valence-electron chi connectivity index (χ0n) is 29.7. The summed E-state index contributed by atoms with van der Waals surface area (Å²) in [6, 6.07) is 26.6. The first kappa shape index (κ1) is 36.4. The zero-order chi connectivity index (χ0) is 35.4. The number of methoxy groups -OCH3 is 2. The maximum Gasteiger partial charge on any atom is 0.232 e. The fraction of sp³-hybridized carbons (Fsp3) is 0.462. The Balaban J connectivity index is 1.64. The molecule has 2 heterocycles. The summed E-state index contributed by atoms with van der Waals surface area (Å²) in [5.41, 5.74) is 0.989. The highest BCUT2D eigenvalue weighted by Gasteiger charge is 2.55. The van der Waals surface area contributed by atoms with E-state index in [1.54, 1.807) is 19.9 Å². The number of hydrogen-bond donors (Lipinski definition) is 0. The number of nitrogens with zero attached hydrogens (tertiary/aromatic N) is 2. The minimum atomic E-state index is -2.17. The second kappa shape index (κ2) is 15.0. The van der Waals surface area contributed by atoms with E-state index in [-0.39, 0.29) is 11.0 Å². The molecule has 10 heteroatoms. The van der Waals surface area contributed by atoms with E-state index in [1.807, 2.05) is 66.9 Å². The molecule has 0 spiro atoms. The van der Waals surface area contributed by atoms with Crippen molar-refractivity contribution in [1.82, 2.24) is 4.90 Å². The molecule has 5 atom stereocenters. The second-order valence-electron chi connectivity index (χ2n) is 14.5. The first-order valence-corrected chi connectivity index (χ1v) is 20.5. The minimum absolute atomic E-state index is 0.107. The van der Waals surface area contributed by atoms with E-state index in [9.17, 15) is 14.9 Å². The van der Waals surface area contributed by atoms with Crippen LogP contribution < -0.4 is 4.74 Å². The van der Waals surface area contributed by atoms with E-state index in [0.717, 1.165) is 36.8 Å². The molecule has 0 saturated carbocycles. The van der Waals surface area contributed by atoms with Gasteiger partial charge in [-0.1, -0.05) is 84.9 Å². The maximum atomic E-state index is 13.3. The van der Waals surface area contributed by atoms with Crippen LogP contribution in [-0.2, 0) is 24.3 Å². The second-order valence-corrected chi connectivity index (χ2v) is 19.0. The molecule has 5 rings (SSSR count). The van der Waals surface area contributed by atoms with Gasteiger partial charge >= 0.3 is 0 Å². The lowest BCUT2D eigenvalue weighted by atomic mass is 9.68. The van der Waals surface area contributed by atoms with Gasteiger partial charge in [-0.05, 0) is 69.7 Å². The SMILES string of the molecule is COC(OC)[C@H](/C=C/N1CCC[C@H]1C(O[Si](C)(C)C)(c1ccccc1)c1ccccc1)C([C@@H]1c2ccccc2OC(C)(C)C1C=O)[N+](=O)[O-]. The van der Waals surface area contributed by atoms with Crippen molar-refractivity contribution in [2.24, 2.45) is 11.8 Å². The van der Waals surface area contributed by atoms with Gasteiger partial charge in [-0.3, -0.25) is 10.1 Å². The van der Waals surface area contributed by atoms with Crippen LogP contribution in [0.5, 0.6) is 5.75 Å². The molecule has 1 fully saturated rings. The Bertz CT molecular complexity index is 1550. The lowest BCUT2D eigenvalue weighted by Gasteiger charge is -2.47. The van der Waals surface area contributed by atoms with Gasteiger partial charge < -0.3 is 28.3 Å². The number of hydrogen-bond acceptors (Lipinski definition) is 8. The van der Waals surface area contributed by atoms with Crippen molar-refractivity contribution in [3.63, 3.8) is 0 Å². The summed E-state index contributed by atoms with van der Waals surface area (Å²) < 4.78 is 25.1. The standard InChI is InChI=1S/C39H50N2O7Si/c1-38(2)32(27-42)35(30-21-14-15-22-33(30)47-38)36(41(43)44)31(37(45-3)46-4)24-26-40-25-16-23-34(40)39(48-49(5,6)7,28-17-10-8-11-18-28)29-19-12-9-13-20-29/h8-15,17-22,24,26-27,31-32,34-37H,16,23,25H2,1-7H3/b26-24+/t31-,32?,34+,35-,36?/m1/s1. The van der Waals surface area contributed by atoms with Gasteiger partial charge in [0.15, 0.2) is 14.6 Å². The number of para-hydroxylation sites is 1. The summed E-state index contributed by atoms with van der Waals surface area (Å²) in [6.45, 7) is 11.0. The van der Waals surface area contributed by atoms with Crippen LogP contribution in [0.1, 0.15) is 49.3 Å². The number of carbonyl (C=O) groups excluding carboxylic acids is 1. The van der Waals surface area contributed by atoms with Crippen LogP contribution in [0.25, 0.3) is 0 Å². The molecule has 3 aromatic rings. The Hall–Kier alpha value is -3.83. The Morgan fingerprint density at radius 2 is 1.53 bits per heavy atom. The highest BCUT2D eigenvalue weighted by molar-refractivity contribution is 6.69. The van der Waals surface area contributed by atoms with E-state index < -0.39 is 49.6 Å². The fourth-order valence-corrected chi connectivity index (χ4v) is 9.30. The Labute approximate surface area is 291 Å². The molecule has 2 aliphatic heterocycles. The van der Waals surface area contributed by atoms with E-state index in [2.05, 4.69) is 48.8 Å². The monoisotopic (exact) mass is 686 g/mol. The molecule has 0 bridgehead atoms. The number of benzene rings is 3. The lowest BCUT2D eigenvalue weighted by molar-refractivity contribution is -0.541. The van der Waals surface area contributed by atoms with Crippen LogP contribution in [0.4, 0.5) is 0 Å². The number of aldehydes is 1. The topological polar surface area (TPSA) is 100 Å². The summed E-state index contributed by atoms with van der Waals surface area (Å²) in [7, 11) is 0.806. The van der Waals surface area contributed by atoms with Crippen LogP contribution in [0, 0.1) is 22.0 Å². The smallest absolute Gasteiger partial charge is 0.232 e. The Morgan fingerprint density at radius 3 is 2.06 bits per heavy atom. The number of carbonyl (C=O) groups is 1. The molecule has 0 N–H and O–H groups in total. The molecule has 262 valence electrons. The van der Waals surface area contributed by atoms with Crippen LogP contribution >= 0.6 is 0 Å². The fourth-order valence-electron chi connectivity index (χ4n) is 7.96. The molecule has 49 heavy (non-hydrogen) atoms. The first-order chi connectivity index (χ1) is 23.4. The largest absolute Gasteiger partial charge is 0.487 e. The summed E-state index contributed by atoms with van der Waals surface area (Å²) in [5, 5.41) is 13.3. The van der Waals surface area contributed by atoms with Gasteiger partial charge in [0.2, 0.25) is 6.04 Å². The van der Waals surface area contributed by atoms with Crippen molar-refractivity contribution in [2.75, 3.05) is 20.8 Å². The normalized spacial score (nSPS) is 22.0. The van der Waals surface area contributed by atoms with Gasteiger partial charge in [-0.25, -0.2) is 0 Å². The number of fused-ring (bicyclic) bond motifs is 1. The number of ether oxygens (including phenoxy) is 3. The average Bonchev–Trinajstić information content (AvgIpc) is 3.55. The maximum absolute atomic E-state index is 13.3. The average molecular weight is 687 g/mol. The summed E-state index contributed by atoms with van der Waals surface area (Å²) in [4.78, 5) is 28.0. The van der Waals surface area contributed by atoms with Gasteiger partial charge in [-0.15, -0.1) is 0 Å². The van der Waals surface area contributed by atoms with Gasteiger partial charge in [0.1, 0.15) is 23.2 Å². The Kier molecular flexibility index (Phi) is 11.1. The molecule has 0 aromatic heterocycles. The third-order valence-electron chi connectivity index (χ3n) is 9.91. The summed E-state index contributed by atoms with van der Waals surface area (Å²) >= 11 is 0. The number of likely N-dealkylation sites (tertiary alicyclic amines) is 1. The molecule has 0 amide bonds. The molecule has 3 aromatic carbocycles. The third-order valence-corrected chi connectivity index (χ3v) is 10.8. The van der Waals surface area contributed by atoms with Crippen molar-refractivity contribution in [2.45, 2.75) is 81.8 Å². The summed E-state index contributed by atoms with van der Waals surface area (Å²) in [6.07, 6.45) is 5.45. The van der Waals surface area contributed by atoms with Gasteiger partial charge in [-0.2, -0.15) is 0 Å². The van der Waals surface area contributed by atoms with Crippen molar-refractivity contribution in [3.8, 4) is 5.75 Å². The first-order valence-electron chi connectivity index (χ1n) is 17.1. The van der Waals surface area contributed by atoms with Gasteiger partial charge in [0, 0.05) is 31.3 Å². The highest BCUT2D eigenvalue weighted by Crippen LogP contribution is 2.49. The van der Waals surface area contributed by atoms with Crippen LogP contribution in [0.2, 0.25) is 19.6 Å². The Morgan fingerprint density at radius 1 is 0.959 bits per heavy atom. The predicted octanol–water partition coefficient (Wildman–Crippen LogP) is 7.41. The van der Waals surface area contributed by atoms with Crippen molar-refractivity contribution >= 4 is 14.6 Å². The van der Waals surface area contributed by atoms with Crippen LogP contribution in [-0.4, -0.2) is 69.2 Å². The molecule has 0 radical (unpaired) electrons. The molecule has 1 saturated heterocycles. The molecular formula is C39H50N2O7Si. The minimum Gasteiger partial charge on any atom is -0.487 e. The van der Waals surface area contributed by atoms with Crippen molar-refractivity contribution < 1.29 is 28.4 Å². The molecule has 2 unspecified atom stereocenters. The lowest BCUT2D eigenvalue weighted by Crippen LogP contribution is -2.54. The van der Waals surface area contributed by atoms with Crippen LogP contribution in [0.3, 0.4) is 0 Å². The van der Waals surface area contributed by atoms with E-state index >= 15 is 0 Å². The van der Waals surface area contributed by atoms with Gasteiger partial charge in [0.05, 0.1) is 23.8 Å². The quantitative estimate of drug-likeness (QED) is 0.0569. The predicted molar refractivity (Wildman–Crippen MR) is 192 cm³/mol. The van der Waals surface area contributed by atoms with Crippen LogP contribution in [0.15, 0.2) is 97.2 Å². The van der Waals surface area contributed by atoms with Crippen molar-refractivity contribution in [3.05, 3.63) is 124 Å². The van der Waals surface area contributed by atoms with E-state index in [0.29, 0.717) is 11.3 Å². The molecule has 0 aliphatic carbocycles. The molecule has 9 nitrogen and oxygen atoms in total. The van der Waals surface area contributed by atoms with Gasteiger partial charge in [0.25, 0.3) is 0 Å². The molecule has 2 aliphatic rings. The van der Waals surface area contributed by atoms with Crippen molar-refractivity contribution in [1.29, 1.82) is 0 Å². The number of nitro groups is 1. The van der Waals surface area contributed by atoms with E-state index in [1.165, 1.54) is 14.2 Å². The highest BCUT2D eigenvalue weighted by atomic mass is 28.4. The zero-order valence-corrected chi connectivity index (χ0v) is 30.7. The van der Waals surface area contributed by atoms with E-state index in [4.69, 9.17) is 18.6 Å². The third kappa shape index (κ3) is 7.38. The molecular weight excluding hydrogens is 637 g/mol.